The summed E-state index contributed by atoms with van der Waals surface area (Å²) in [5.41, 5.74) is 2.58. The molecule has 1 heterocycles. The van der Waals surface area contributed by atoms with Crippen molar-refractivity contribution in [3.05, 3.63) is 91.4 Å². The number of rotatable bonds is 10. The number of carbonyl (C=O) groups is 1. The first-order valence-electron chi connectivity index (χ1n) is 12.9. The van der Waals surface area contributed by atoms with E-state index in [1.54, 1.807) is 18.2 Å². The van der Waals surface area contributed by atoms with Crippen molar-refractivity contribution in [2.24, 2.45) is 5.10 Å². The topological polar surface area (TPSA) is 94.8 Å². The van der Waals surface area contributed by atoms with Gasteiger partial charge in [0.1, 0.15) is 5.82 Å². The van der Waals surface area contributed by atoms with Gasteiger partial charge in [-0.05, 0) is 67.8 Å². The van der Waals surface area contributed by atoms with E-state index in [-0.39, 0.29) is 34.8 Å². The van der Waals surface area contributed by atoms with Gasteiger partial charge in [-0.3, -0.25) is 9.59 Å². The van der Waals surface area contributed by atoms with Crippen molar-refractivity contribution in [2.45, 2.75) is 40.0 Å². The average Bonchev–Trinajstić information content (AvgIpc) is 2.93. The first kappa shape index (κ1) is 29.3. The predicted molar refractivity (Wildman–Crippen MR) is 163 cm³/mol. The summed E-state index contributed by atoms with van der Waals surface area (Å²) in [5.74, 6) is 0.840. The standard InChI is InChI=1S/C30H30BrClN4O4/c1-5-18(3)29-35-25-12-11-21(31)15-22(25)30(38)36(29)33-16-20-13-23(32)28(26(14-20)39-6-2)40-17-27(37)34-24-10-8-7-9-19(24)4/h7-16,18H,5-6,17H2,1-4H3,(H,34,37)/t18-/m0/s1. The van der Waals surface area contributed by atoms with E-state index in [1.807, 2.05) is 64.1 Å². The molecule has 1 amide bonds. The second-order valence-corrected chi connectivity index (χ2v) is 10.5. The molecule has 1 atom stereocenters. The molecule has 10 heteroatoms. The molecule has 1 N–H and O–H groups in total. The highest BCUT2D eigenvalue weighted by atomic mass is 79.9. The van der Waals surface area contributed by atoms with Gasteiger partial charge in [0.2, 0.25) is 0 Å². The van der Waals surface area contributed by atoms with Crippen LogP contribution in [0.3, 0.4) is 0 Å². The Hall–Kier alpha value is -3.69. The summed E-state index contributed by atoms with van der Waals surface area (Å²) >= 11 is 9.99. The lowest BCUT2D eigenvalue weighted by molar-refractivity contribution is -0.118. The van der Waals surface area contributed by atoms with E-state index in [0.29, 0.717) is 40.3 Å². The van der Waals surface area contributed by atoms with Crippen molar-refractivity contribution in [3.63, 3.8) is 0 Å². The third-order valence-corrected chi connectivity index (χ3v) is 7.08. The van der Waals surface area contributed by atoms with Crippen LogP contribution >= 0.6 is 27.5 Å². The summed E-state index contributed by atoms with van der Waals surface area (Å²) < 4.78 is 13.6. The Balaban J connectivity index is 1.63. The fraction of sp³-hybridized carbons (Fsp3) is 0.267. The van der Waals surface area contributed by atoms with Gasteiger partial charge in [-0.1, -0.05) is 59.6 Å². The number of amides is 1. The Labute approximate surface area is 246 Å². The number of fused-ring (bicyclic) bond motifs is 1. The molecule has 8 nitrogen and oxygen atoms in total. The molecule has 0 saturated heterocycles. The number of nitrogens with one attached hydrogen (secondary N) is 1. The molecule has 0 bridgehead atoms. The number of hydrogen-bond donors (Lipinski definition) is 1. The molecule has 4 rings (SSSR count). The summed E-state index contributed by atoms with van der Waals surface area (Å²) in [4.78, 5) is 30.7. The third-order valence-electron chi connectivity index (χ3n) is 6.31. The van der Waals surface area contributed by atoms with Crippen molar-refractivity contribution in [2.75, 3.05) is 18.5 Å². The van der Waals surface area contributed by atoms with Gasteiger partial charge in [-0.2, -0.15) is 9.78 Å². The van der Waals surface area contributed by atoms with E-state index in [4.69, 9.17) is 26.1 Å². The Morgan fingerprint density at radius 3 is 2.67 bits per heavy atom. The lowest BCUT2D eigenvalue weighted by Crippen LogP contribution is -2.23. The van der Waals surface area contributed by atoms with E-state index in [1.165, 1.54) is 10.9 Å². The fourth-order valence-electron chi connectivity index (χ4n) is 4.01. The van der Waals surface area contributed by atoms with Crippen molar-refractivity contribution < 1.29 is 14.3 Å². The second-order valence-electron chi connectivity index (χ2n) is 9.22. The second kappa shape index (κ2) is 13.1. The fourth-order valence-corrected chi connectivity index (χ4v) is 4.64. The van der Waals surface area contributed by atoms with Crippen molar-refractivity contribution >= 4 is 56.2 Å². The summed E-state index contributed by atoms with van der Waals surface area (Å²) in [6.07, 6.45) is 2.32. The van der Waals surface area contributed by atoms with Crippen LogP contribution in [0.1, 0.15) is 50.1 Å². The minimum absolute atomic E-state index is 0.00191. The number of benzene rings is 3. The molecule has 4 aromatic rings. The molecule has 208 valence electrons. The number of carbonyl (C=O) groups excluding carboxylic acids is 1. The molecule has 0 aliphatic rings. The SMILES string of the molecule is CCOc1cc(C=Nn2c([C@@H](C)CC)nc3ccc(Br)cc3c2=O)cc(Cl)c1OCC(=O)Nc1ccccc1C. The zero-order valence-corrected chi connectivity index (χ0v) is 25.0. The minimum atomic E-state index is -0.328. The van der Waals surface area contributed by atoms with Crippen LogP contribution in [0.4, 0.5) is 5.69 Å². The number of halogens is 2. The zero-order valence-electron chi connectivity index (χ0n) is 22.7. The van der Waals surface area contributed by atoms with Gasteiger partial charge < -0.3 is 14.8 Å². The van der Waals surface area contributed by atoms with Crippen LogP contribution < -0.4 is 20.3 Å². The molecular formula is C30H30BrClN4O4. The quantitative estimate of drug-likeness (QED) is 0.193. The summed E-state index contributed by atoms with van der Waals surface area (Å²) in [5, 5.41) is 8.04. The molecule has 1 aromatic heterocycles. The van der Waals surface area contributed by atoms with Gasteiger partial charge in [0.05, 0.1) is 28.7 Å². The lowest BCUT2D eigenvalue weighted by Gasteiger charge is -2.15. The Morgan fingerprint density at radius 1 is 1.18 bits per heavy atom. The monoisotopic (exact) mass is 624 g/mol. The van der Waals surface area contributed by atoms with Crippen LogP contribution in [0.5, 0.6) is 11.5 Å². The maximum absolute atomic E-state index is 13.4. The van der Waals surface area contributed by atoms with Crippen LogP contribution in [0, 0.1) is 6.92 Å². The number of aromatic nitrogens is 2. The number of ether oxygens (including phenoxy) is 2. The zero-order chi connectivity index (χ0) is 28.8. The van der Waals surface area contributed by atoms with E-state index in [9.17, 15) is 9.59 Å². The molecule has 40 heavy (non-hydrogen) atoms. The van der Waals surface area contributed by atoms with E-state index in [0.717, 1.165) is 16.5 Å². The third kappa shape index (κ3) is 6.71. The Morgan fingerprint density at radius 2 is 1.95 bits per heavy atom. The number of nitrogens with zero attached hydrogens (tertiary/aromatic N) is 3. The Bertz CT molecular complexity index is 1640. The van der Waals surface area contributed by atoms with Crippen LogP contribution in [0.25, 0.3) is 10.9 Å². The van der Waals surface area contributed by atoms with Gasteiger partial charge in [0.15, 0.2) is 18.1 Å². The first-order valence-corrected chi connectivity index (χ1v) is 14.1. The molecule has 0 spiro atoms. The molecule has 3 aromatic carbocycles. The van der Waals surface area contributed by atoms with Gasteiger partial charge >= 0.3 is 0 Å². The maximum atomic E-state index is 13.4. The molecule has 0 saturated carbocycles. The maximum Gasteiger partial charge on any atom is 0.282 e. The van der Waals surface area contributed by atoms with Crippen LogP contribution in [-0.4, -0.2) is 35.0 Å². The highest BCUT2D eigenvalue weighted by molar-refractivity contribution is 9.10. The van der Waals surface area contributed by atoms with Crippen LogP contribution in [0.2, 0.25) is 5.02 Å². The van der Waals surface area contributed by atoms with E-state index >= 15 is 0 Å². The van der Waals surface area contributed by atoms with Crippen LogP contribution in [-0.2, 0) is 4.79 Å². The molecule has 0 unspecified atom stereocenters. The molecule has 0 fully saturated rings. The van der Waals surface area contributed by atoms with Crippen LogP contribution in [0.15, 0.2) is 69.0 Å². The largest absolute Gasteiger partial charge is 0.490 e. The molecule has 0 aliphatic carbocycles. The van der Waals surface area contributed by atoms with Gasteiger partial charge in [-0.15, -0.1) is 0 Å². The van der Waals surface area contributed by atoms with Gasteiger partial charge in [-0.25, -0.2) is 4.98 Å². The number of hydrogen-bond acceptors (Lipinski definition) is 6. The Kier molecular flexibility index (Phi) is 9.60. The van der Waals surface area contributed by atoms with Crippen molar-refractivity contribution in [1.82, 2.24) is 9.66 Å². The molecule has 0 aliphatic heterocycles. The average molecular weight is 626 g/mol. The highest BCUT2D eigenvalue weighted by Crippen LogP contribution is 2.36. The summed E-state index contributed by atoms with van der Waals surface area (Å²) in [6, 6.07) is 16.2. The van der Waals surface area contributed by atoms with Gasteiger partial charge in [0.25, 0.3) is 11.5 Å². The smallest absolute Gasteiger partial charge is 0.282 e. The number of para-hydroxylation sites is 1. The van der Waals surface area contributed by atoms with Crippen molar-refractivity contribution in [1.29, 1.82) is 0 Å². The lowest BCUT2D eigenvalue weighted by atomic mass is 10.1. The van der Waals surface area contributed by atoms with E-state index < -0.39 is 0 Å². The highest BCUT2D eigenvalue weighted by Gasteiger charge is 2.17. The number of anilines is 1. The van der Waals surface area contributed by atoms with Gasteiger partial charge in [0, 0.05) is 16.1 Å². The molecule has 0 radical (unpaired) electrons. The van der Waals surface area contributed by atoms with Crippen molar-refractivity contribution in [3.8, 4) is 11.5 Å². The summed E-state index contributed by atoms with van der Waals surface area (Å²) in [6.45, 7) is 7.87. The first-order chi connectivity index (χ1) is 19.2. The normalized spacial score (nSPS) is 12.1. The summed E-state index contributed by atoms with van der Waals surface area (Å²) in [7, 11) is 0. The van der Waals surface area contributed by atoms with E-state index in [2.05, 4.69) is 26.3 Å². The minimum Gasteiger partial charge on any atom is -0.490 e. The predicted octanol–water partition coefficient (Wildman–Crippen LogP) is 6.93. The number of aryl methyl sites for hydroxylation is 1. The molecular weight excluding hydrogens is 596 g/mol.